The summed E-state index contributed by atoms with van der Waals surface area (Å²) in [6, 6.07) is 14.1. The van der Waals surface area contributed by atoms with E-state index in [1.165, 1.54) is 88.2 Å². The summed E-state index contributed by atoms with van der Waals surface area (Å²) >= 11 is 0. The van der Waals surface area contributed by atoms with Gasteiger partial charge in [-0.15, -0.1) is 0 Å². The van der Waals surface area contributed by atoms with Crippen LogP contribution in [0.5, 0.6) is 0 Å². The third-order valence-corrected chi connectivity index (χ3v) is 6.73. The van der Waals surface area contributed by atoms with Crippen LogP contribution >= 0.6 is 0 Å². The normalized spacial score (nSPS) is 11.4. The molecule has 0 atom stereocenters. The molecule has 0 bridgehead atoms. The Morgan fingerprint density at radius 2 is 1.21 bits per heavy atom. The fraction of sp³-hybridized carbons (Fsp3) is 0.531. The van der Waals surface area contributed by atoms with E-state index in [4.69, 9.17) is 0 Å². The summed E-state index contributed by atoms with van der Waals surface area (Å²) in [6.45, 7) is 6.79. The molecule has 2 aromatic carbocycles. The maximum absolute atomic E-state index is 12.4. The molecule has 0 aromatic heterocycles. The van der Waals surface area contributed by atoms with Gasteiger partial charge in [0.2, 0.25) is 0 Å². The molecule has 0 radical (unpaired) electrons. The molecular formula is C32H46O. The molecule has 2 aromatic rings. The first kappa shape index (κ1) is 27.1. The highest BCUT2D eigenvalue weighted by Gasteiger charge is 2.09. The van der Waals surface area contributed by atoms with Crippen LogP contribution in [0, 0.1) is 0 Å². The first-order chi connectivity index (χ1) is 16.2. The van der Waals surface area contributed by atoms with Crippen LogP contribution in [0.3, 0.4) is 0 Å². The molecule has 180 valence electrons. The molecule has 0 aliphatic heterocycles. The summed E-state index contributed by atoms with van der Waals surface area (Å²) in [6.07, 6.45) is 22.3. The van der Waals surface area contributed by atoms with Crippen molar-refractivity contribution in [1.82, 2.24) is 0 Å². The Morgan fingerprint density at radius 3 is 1.73 bits per heavy atom. The smallest absolute Gasteiger partial charge is 0.185 e. The number of benzene rings is 2. The lowest BCUT2D eigenvalue weighted by molar-refractivity contribution is 0.104. The van der Waals surface area contributed by atoms with Gasteiger partial charge < -0.3 is 0 Å². The Hall–Kier alpha value is -2.15. The molecule has 0 saturated heterocycles. The van der Waals surface area contributed by atoms with E-state index in [9.17, 15) is 4.79 Å². The average molecular weight is 447 g/mol. The van der Waals surface area contributed by atoms with Crippen molar-refractivity contribution in [2.45, 2.75) is 111 Å². The van der Waals surface area contributed by atoms with Gasteiger partial charge in [0, 0.05) is 5.56 Å². The second kappa shape index (κ2) is 16.5. The van der Waals surface area contributed by atoms with Gasteiger partial charge in [-0.05, 0) is 54.0 Å². The molecule has 0 spiro atoms. The van der Waals surface area contributed by atoms with Crippen LogP contribution < -0.4 is 0 Å². The molecule has 0 aliphatic carbocycles. The van der Waals surface area contributed by atoms with E-state index in [0.717, 1.165) is 24.0 Å². The Morgan fingerprint density at radius 1 is 0.697 bits per heavy atom. The molecule has 0 unspecified atom stereocenters. The van der Waals surface area contributed by atoms with Crippen LogP contribution in [0.4, 0.5) is 0 Å². The lowest BCUT2D eigenvalue weighted by Crippen LogP contribution is -2.01. The summed E-state index contributed by atoms with van der Waals surface area (Å²) in [7, 11) is 0. The highest BCUT2D eigenvalue weighted by Crippen LogP contribution is 2.23. The van der Waals surface area contributed by atoms with Crippen molar-refractivity contribution in [1.29, 1.82) is 0 Å². The third-order valence-electron chi connectivity index (χ3n) is 6.73. The average Bonchev–Trinajstić information content (AvgIpc) is 2.86. The van der Waals surface area contributed by atoms with Gasteiger partial charge in [0.1, 0.15) is 0 Å². The Bertz CT molecular complexity index is 806. The molecule has 0 saturated carbocycles. The van der Waals surface area contributed by atoms with Gasteiger partial charge in [-0.2, -0.15) is 0 Å². The van der Waals surface area contributed by atoms with Crippen LogP contribution in [-0.2, 0) is 19.3 Å². The number of hydrogen-bond acceptors (Lipinski definition) is 1. The van der Waals surface area contributed by atoms with Crippen LogP contribution in [-0.4, -0.2) is 5.78 Å². The van der Waals surface area contributed by atoms with Crippen LogP contribution in [0.25, 0.3) is 6.08 Å². The molecule has 33 heavy (non-hydrogen) atoms. The SMILES string of the molecule is CCCCCCCCCCCCCc1c(CC)cc(C=CC(=O)c2ccccc2)cc1CC. The van der Waals surface area contributed by atoms with Gasteiger partial charge in [0.05, 0.1) is 0 Å². The standard InChI is InChI=1S/C32H46O/c1-4-7-8-9-10-11-12-13-14-15-19-22-31-28(5-2)25-27(26-29(31)6-3)23-24-32(33)30-20-17-16-18-21-30/h16-18,20-21,23-26H,4-15,19,22H2,1-3H3. The van der Waals surface area contributed by atoms with Gasteiger partial charge in [-0.25, -0.2) is 0 Å². The monoisotopic (exact) mass is 446 g/mol. The summed E-state index contributed by atoms with van der Waals surface area (Å²) in [4.78, 5) is 12.4. The molecule has 0 aliphatic rings. The Balaban J connectivity index is 1.83. The van der Waals surface area contributed by atoms with Gasteiger partial charge in [0.25, 0.3) is 0 Å². The minimum atomic E-state index is 0.0664. The van der Waals surface area contributed by atoms with Gasteiger partial charge in [-0.3, -0.25) is 4.79 Å². The number of carbonyl (C=O) groups excluding carboxylic acids is 1. The topological polar surface area (TPSA) is 17.1 Å². The van der Waals surface area contributed by atoms with E-state index >= 15 is 0 Å². The van der Waals surface area contributed by atoms with Crippen LogP contribution in [0.1, 0.15) is 124 Å². The van der Waals surface area contributed by atoms with Gasteiger partial charge in [0.15, 0.2) is 5.78 Å². The predicted molar refractivity (Wildman–Crippen MR) is 145 cm³/mol. The minimum Gasteiger partial charge on any atom is -0.289 e. The maximum atomic E-state index is 12.4. The molecule has 0 fully saturated rings. The van der Waals surface area contributed by atoms with Gasteiger partial charge >= 0.3 is 0 Å². The summed E-state index contributed by atoms with van der Waals surface area (Å²) in [5, 5.41) is 0. The van der Waals surface area contributed by atoms with E-state index in [-0.39, 0.29) is 5.78 Å². The van der Waals surface area contributed by atoms with E-state index < -0.39 is 0 Å². The van der Waals surface area contributed by atoms with Crippen LogP contribution in [0.15, 0.2) is 48.5 Å². The summed E-state index contributed by atoms with van der Waals surface area (Å²) in [5.74, 6) is 0.0664. The van der Waals surface area contributed by atoms with Crippen molar-refractivity contribution in [3.05, 3.63) is 76.4 Å². The lowest BCUT2D eigenvalue weighted by atomic mass is 9.90. The predicted octanol–water partition coefficient (Wildman–Crippen LogP) is 9.56. The molecule has 2 rings (SSSR count). The number of ketones is 1. The van der Waals surface area contributed by atoms with E-state index in [2.05, 4.69) is 32.9 Å². The van der Waals surface area contributed by atoms with Crippen molar-refractivity contribution < 1.29 is 4.79 Å². The largest absolute Gasteiger partial charge is 0.289 e. The fourth-order valence-electron chi connectivity index (χ4n) is 4.71. The van der Waals surface area contributed by atoms with Crippen molar-refractivity contribution in [3.63, 3.8) is 0 Å². The van der Waals surface area contributed by atoms with Crippen LogP contribution in [0.2, 0.25) is 0 Å². The van der Waals surface area contributed by atoms with Gasteiger partial charge in [-0.1, -0.05) is 134 Å². The summed E-state index contributed by atoms with van der Waals surface area (Å²) < 4.78 is 0. The first-order valence-electron chi connectivity index (χ1n) is 13.6. The maximum Gasteiger partial charge on any atom is 0.185 e. The summed E-state index contributed by atoms with van der Waals surface area (Å²) in [5.41, 5.74) is 6.35. The molecule has 1 heteroatoms. The first-order valence-corrected chi connectivity index (χ1v) is 13.6. The van der Waals surface area contributed by atoms with Crippen molar-refractivity contribution in [2.24, 2.45) is 0 Å². The second-order valence-corrected chi connectivity index (χ2v) is 9.37. The second-order valence-electron chi connectivity index (χ2n) is 9.37. The van der Waals surface area contributed by atoms with Crippen molar-refractivity contribution >= 4 is 11.9 Å². The zero-order chi connectivity index (χ0) is 23.7. The Labute approximate surface area is 203 Å². The van der Waals surface area contributed by atoms with Crippen molar-refractivity contribution in [2.75, 3.05) is 0 Å². The highest BCUT2D eigenvalue weighted by molar-refractivity contribution is 6.06. The van der Waals surface area contributed by atoms with E-state index in [0.29, 0.717) is 0 Å². The molecule has 1 nitrogen and oxygen atoms in total. The number of carbonyl (C=O) groups is 1. The highest BCUT2D eigenvalue weighted by atomic mass is 16.1. The molecular weight excluding hydrogens is 400 g/mol. The number of allylic oxidation sites excluding steroid dienone is 1. The van der Waals surface area contributed by atoms with E-state index in [1.54, 1.807) is 11.6 Å². The number of hydrogen-bond donors (Lipinski definition) is 0. The number of unbranched alkanes of at least 4 members (excludes halogenated alkanes) is 10. The molecule has 0 N–H and O–H groups in total. The molecule has 0 heterocycles. The quantitative estimate of drug-likeness (QED) is 0.134. The number of aryl methyl sites for hydroxylation is 2. The lowest BCUT2D eigenvalue weighted by Gasteiger charge is -2.15. The minimum absolute atomic E-state index is 0.0664. The molecule has 0 amide bonds. The van der Waals surface area contributed by atoms with Crippen molar-refractivity contribution in [3.8, 4) is 0 Å². The fourth-order valence-corrected chi connectivity index (χ4v) is 4.71. The van der Waals surface area contributed by atoms with E-state index in [1.807, 2.05) is 36.4 Å². The third kappa shape index (κ3) is 10.1. The zero-order valence-electron chi connectivity index (χ0n) is 21.5. The number of rotatable bonds is 17. The zero-order valence-corrected chi connectivity index (χ0v) is 21.5. The Kier molecular flexibility index (Phi) is 13.5.